The minimum absolute atomic E-state index is 0.0650. The predicted molar refractivity (Wildman–Crippen MR) is 77.0 cm³/mol. The second-order valence-corrected chi connectivity index (χ2v) is 5.64. The largest absolute Gasteiger partial charge is 0.502 e. The first-order chi connectivity index (χ1) is 9.66. The zero-order valence-electron chi connectivity index (χ0n) is 11.7. The summed E-state index contributed by atoms with van der Waals surface area (Å²) in [4.78, 5) is 14.0. The van der Waals surface area contributed by atoms with Gasteiger partial charge >= 0.3 is 0 Å². The number of carbonyl (C=O) groups excluding carboxylic acids is 1. The van der Waals surface area contributed by atoms with Gasteiger partial charge in [0.2, 0.25) is 0 Å². The van der Waals surface area contributed by atoms with E-state index in [4.69, 9.17) is 0 Å². The van der Waals surface area contributed by atoms with E-state index in [2.05, 4.69) is 24.4 Å². The molecule has 1 saturated carbocycles. The Morgan fingerprint density at radius 3 is 2.75 bits per heavy atom. The molecule has 1 heterocycles. The molecule has 1 fully saturated rings. The van der Waals surface area contributed by atoms with Crippen LogP contribution in [0.1, 0.15) is 30.4 Å². The lowest BCUT2D eigenvalue weighted by Crippen LogP contribution is -2.58. The van der Waals surface area contributed by atoms with Gasteiger partial charge in [-0.15, -0.1) is 0 Å². The van der Waals surface area contributed by atoms with E-state index in [0.717, 1.165) is 25.7 Å². The number of aliphatic hydroxyl groups excluding tert-OH is 1. The van der Waals surface area contributed by atoms with Crippen molar-refractivity contribution in [3.8, 4) is 0 Å². The Bertz CT molecular complexity index is 549. The Balaban J connectivity index is 1.83. The fraction of sp³-hybridized carbons (Fsp3) is 0.438. The summed E-state index contributed by atoms with van der Waals surface area (Å²) in [5.74, 6) is -0.426. The van der Waals surface area contributed by atoms with Crippen LogP contribution < -0.4 is 5.32 Å². The first kappa shape index (κ1) is 13.0. The molecule has 2 N–H and O–H groups in total. The van der Waals surface area contributed by atoms with Gasteiger partial charge in [-0.1, -0.05) is 24.3 Å². The highest BCUT2D eigenvalue weighted by Crippen LogP contribution is 2.29. The van der Waals surface area contributed by atoms with Crippen LogP contribution in [0.25, 0.3) is 0 Å². The molecule has 106 valence electrons. The number of benzene rings is 1. The highest BCUT2D eigenvalue weighted by Gasteiger charge is 2.37. The van der Waals surface area contributed by atoms with Crippen molar-refractivity contribution in [1.82, 2.24) is 10.2 Å². The molecule has 0 saturated heterocycles. The normalized spacial score (nSPS) is 23.1. The summed E-state index contributed by atoms with van der Waals surface area (Å²) in [5.41, 5.74) is 2.46. The molecule has 1 unspecified atom stereocenters. The number of nitrogens with one attached hydrogen (secondary N) is 1. The van der Waals surface area contributed by atoms with E-state index in [1.807, 2.05) is 17.0 Å². The molecule has 4 heteroatoms. The molecule has 0 bridgehead atoms. The maximum absolute atomic E-state index is 12.2. The van der Waals surface area contributed by atoms with E-state index >= 15 is 0 Å². The molecule has 1 aliphatic carbocycles. The lowest BCUT2D eigenvalue weighted by atomic mass is 9.89. The van der Waals surface area contributed by atoms with Gasteiger partial charge in [0, 0.05) is 18.7 Å². The third kappa shape index (κ3) is 2.26. The molecule has 1 aromatic rings. The van der Waals surface area contributed by atoms with E-state index in [-0.39, 0.29) is 23.9 Å². The van der Waals surface area contributed by atoms with Crippen LogP contribution in [0.4, 0.5) is 0 Å². The molecule has 1 atom stereocenters. The van der Waals surface area contributed by atoms with Crippen LogP contribution in [0, 0.1) is 6.92 Å². The summed E-state index contributed by atoms with van der Waals surface area (Å²) in [5, 5.41) is 12.8. The molecular weight excluding hydrogens is 252 g/mol. The maximum Gasteiger partial charge on any atom is 0.292 e. The van der Waals surface area contributed by atoms with Gasteiger partial charge in [0.05, 0.1) is 0 Å². The van der Waals surface area contributed by atoms with Crippen molar-refractivity contribution in [3.63, 3.8) is 0 Å². The second kappa shape index (κ2) is 5.19. The molecule has 1 aliphatic heterocycles. The molecule has 3 rings (SSSR count). The van der Waals surface area contributed by atoms with Crippen molar-refractivity contribution >= 4 is 5.91 Å². The number of aryl methyl sites for hydroxylation is 1. The van der Waals surface area contributed by atoms with Gasteiger partial charge in [-0.05, 0) is 37.3 Å². The third-order valence-electron chi connectivity index (χ3n) is 4.34. The number of aliphatic hydroxyl groups is 1. The summed E-state index contributed by atoms with van der Waals surface area (Å²) >= 11 is 0. The molecular formula is C16H20N2O2. The zero-order valence-corrected chi connectivity index (χ0v) is 11.7. The molecule has 20 heavy (non-hydrogen) atoms. The van der Waals surface area contributed by atoms with Gasteiger partial charge in [-0.2, -0.15) is 0 Å². The Morgan fingerprint density at radius 1 is 1.35 bits per heavy atom. The van der Waals surface area contributed by atoms with Crippen LogP contribution in [0.15, 0.2) is 36.2 Å². The monoisotopic (exact) mass is 272 g/mol. The molecule has 4 nitrogen and oxygen atoms in total. The van der Waals surface area contributed by atoms with Crippen molar-refractivity contribution < 1.29 is 9.90 Å². The second-order valence-electron chi connectivity index (χ2n) is 5.64. The molecule has 0 aromatic heterocycles. The number of hydrogen-bond donors (Lipinski definition) is 2. The van der Waals surface area contributed by atoms with Crippen molar-refractivity contribution in [1.29, 1.82) is 0 Å². The van der Waals surface area contributed by atoms with Crippen LogP contribution >= 0.6 is 0 Å². The Labute approximate surface area is 119 Å². The van der Waals surface area contributed by atoms with Crippen molar-refractivity contribution in [3.05, 3.63) is 47.4 Å². The summed E-state index contributed by atoms with van der Waals surface area (Å²) < 4.78 is 0. The molecule has 0 spiro atoms. The van der Waals surface area contributed by atoms with Crippen LogP contribution in [-0.2, 0) is 11.2 Å². The first-order valence-corrected chi connectivity index (χ1v) is 7.19. The molecule has 1 amide bonds. The minimum Gasteiger partial charge on any atom is -0.502 e. The molecule has 2 aliphatic rings. The van der Waals surface area contributed by atoms with Gasteiger partial charge in [-0.25, -0.2) is 0 Å². The van der Waals surface area contributed by atoms with E-state index in [1.165, 1.54) is 17.3 Å². The van der Waals surface area contributed by atoms with Gasteiger partial charge in [0.15, 0.2) is 5.76 Å². The topological polar surface area (TPSA) is 52.6 Å². The molecule has 1 aromatic carbocycles. The SMILES string of the molecule is Cc1ccccc1CC1NC=C(O)C(=O)N1C1CCC1. The number of hydrogen-bond acceptors (Lipinski definition) is 3. The predicted octanol–water partition coefficient (Wildman–Crippen LogP) is 2.25. The number of amides is 1. The summed E-state index contributed by atoms with van der Waals surface area (Å²) in [6.45, 7) is 2.08. The van der Waals surface area contributed by atoms with Crippen molar-refractivity contribution in [2.75, 3.05) is 0 Å². The van der Waals surface area contributed by atoms with Gasteiger partial charge in [0.25, 0.3) is 5.91 Å². The van der Waals surface area contributed by atoms with Crippen molar-refractivity contribution in [2.24, 2.45) is 0 Å². The van der Waals surface area contributed by atoms with Gasteiger partial charge in [-0.3, -0.25) is 4.79 Å². The summed E-state index contributed by atoms with van der Waals surface area (Å²) in [6.07, 6.45) is 5.36. The Morgan fingerprint density at radius 2 is 2.10 bits per heavy atom. The number of nitrogens with zero attached hydrogens (tertiary/aromatic N) is 1. The molecule has 0 radical (unpaired) electrons. The third-order valence-corrected chi connectivity index (χ3v) is 4.34. The highest BCUT2D eigenvalue weighted by atomic mass is 16.3. The van der Waals surface area contributed by atoms with Gasteiger partial charge < -0.3 is 15.3 Å². The fourth-order valence-electron chi connectivity index (χ4n) is 2.88. The number of rotatable bonds is 3. The standard InChI is InChI=1S/C16H20N2O2/c1-11-5-2-3-6-12(11)9-15-17-10-14(19)16(20)18(15)13-7-4-8-13/h2-3,5-6,10,13,15,17,19H,4,7-9H2,1H3. The maximum atomic E-state index is 12.2. The zero-order chi connectivity index (χ0) is 14.1. The average Bonchev–Trinajstić information content (AvgIpc) is 2.38. The van der Waals surface area contributed by atoms with Gasteiger partial charge in [0.1, 0.15) is 6.17 Å². The van der Waals surface area contributed by atoms with E-state index in [1.54, 1.807) is 0 Å². The Hall–Kier alpha value is -1.97. The summed E-state index contributed by atoms with van der Waals surface area (Å²) in [6, 6.07) is 8.49. The first-order valence-electron chi connectivity index (χ1n) is 7.19. The quantitative estimate of drug-likeness (QED) is 0.887. The van der Waals surface area contributed by atoms with Crippen LogP contribution in [0.5, 0.6) is 0 Å². The smallest absolute Gasteiger partial charge is 0.292 e. The fourth-order valence-corrected chi connectivity index (χ4v) is 2.88. The minimum atomic E-state index is -0.243. The van der Waals surface area contributed by atoms with Crippen LogP contribution in [-0.4, -0.2) is 28.1 Å². The van der Waals surface area contributed by atoms with E-state index in [0.29, 0.717) is 0 Å². The highest BCUT2D eigenvalue weighted by molar-refractivity contribution is 5.92. The van der Waals surface area contributed by atoms with Crippen molar-refractivity contribution in [2.45, 2.75) is 44.8 Å². The number of carbonyl (C=O) groups is 1. The lowest BCUT2D eigenvalue weighted by Gasteiger charge is -2.44. The van der Waals surface area contributed by atoms with E-state index < -0.39 is 0 Å². The van der Waals surface area contributed by atoms with Crippen LogP contribution in [0.3, 0.4) is 0 Å². The average molecular weight is 272 g/mol. The summed E-state index contributed by atoms with van der Waals surface area (Å²) in [7, 11) is 0. The van der Waals surface area contributed by atoms with Crippen LogP contribution in [0.2, 0.25) is 0 Å². The lowest BCUT2D eigenvalue weighted by molar-refractivity contribution is -0.139. The Kier molecular flexibility index (Phi) is 3.38. The van der Waals surface area contributed by atoms with E-state index in [9.17, 15) is 9.90 Å².